The van der Waals surface area contributed by atoms with Crippen LogP contribution in [0.5, 0.6) is 0 Å². The molecule has 1 atom stereocenters. The third kappa shape index (κ3) is 3.81. The van der Waals surface area contributed by atoms with Gasteiger partial charge in [0.05, 0.1) is 23.1 Å². The van der Waals surface area contributed by atoms with E-state index in [-0.39, 0.29) is 10.7 Å². The average molecular weight is 445 g/mol. The van der Waals surface area contributed by atoms with E-state index in [2.05, 4.69) is 15.2 Å². The van der Waals surface area contributed by atoms with Crippen LogP contribution >= 0.6 is 0 Å². The summed E-state index contributed by atoms with van der Waals surface area (Å²) in [4.78, 5) is 11.1. The van der Waals surface area contributed by atoms with Crippen molar-refractivity contribution in [2.75, 3.05) is 25.5 Å². The van der Waals surface area contributed by atoms with Gasteiger partial charge >= 0.3 is 0 Å². The van der Waals surface area contributed by atoms with Crippen molar-refractivity contribution in [3.05, 3.63) is 53.4 Å². The second-order valence-electron chi connectivity index (χ2n) is 7.91. The van der Waals surface area contributed by atoms with Crippen molar-refractivity contribution in [1.82, 2.24) is 24.5 Å². The number of aromatic nitrogens is 4. The Morgan fingerprint density at radius 1 is 1.19 bits per heavy atom. The molecular weight excluding hydrogens is 419 g/mol. The molecule has 8 nitrogen and oxygen atoms in total. The fraction of sp³-hybridized carbons (Fsp3) is 0.381. The van der Waals surface area contributed by atoms with Crippen molar-refractivity contribution < 1.29 is 12.8 Å². The number of halogens is 1. The van der Waals surface area contributed by atoms with Crippen LogP contribution in [0.25, 0.3) is 11.1 Å². The maximum Gasteiger partial charge on any atom is 0.247 e. The molecule has 4 rings (SSSR count). The van der Waals surface area contributed by atoms with Gasteiger partial charge in [-0.05, 0) is 44.4 Å². The Hall–Kier alpha value is -2.85. The second kappa shape index (κ2) is 8.01. The molecule has 0 amide bonds. The molecule has 1 aromatic carbocycles. The molecule has 0 bridgehead atoms. The third-order valence-corrected chi connectivity index (χ3v) is 7.68. The van der Waals surface area contributed by atoms with E-state index in [0.29, 0.717) is 48.0 Å². The van der Waals surface area contributed by atoms with Crippen LogP contribution in [0.4, 0.5) is 10.3 Å². The Bertz CT molecular complexity index is 1190. The Labute approximate surface area is 181 Å². The SMILES string of the molecule is Cc1n[nH]c(C)c1S(=O)(=O)N1CCC[C@H]1c1nc(N(C)C)ncc1-c1ccc(F)cc1. The first-order valence-electron chi connectivity index (χ1n) is 10.0. The number of aromatic amines is 1. The maximum atomic E-state index is 13.6. The molecule has 3 aromatic rings. The number of sulfonamides is 1. The molecule has 164 valence electrons. The quantitative estimate of drug-likeness (QED) is 0.649. The molecule has 3 heterocycles. The van der Waals surface area contributed by atoms with Gasteiger partial charge in [-0.3, -0.25) is 5.10 Å². The fourth-order valence-corrected chi connectivity index (χ4v) is 6.04. The first-order chi connectivity index (χ1) is 14.7. The molecular formula is C21H25FN6O2S. The lowest BCUT2D eigenvalue weighted by Gasteiger charge is -2.26. The summed E-state index contributed by atoms with van der Waals surface area (Å²) in [6, 6.07) is 5.61. The summed E-state index contributed by atoms with van der Waals surface area (Å²) in [6.45, 7) is 3.78. The summed E-state index contributed by atoms with van der Waals surface area (Å²) >= 11 is 0. The van der Waals surface area contributed by atoms with Crippen LogP contribution in [0.1, 0.15) is 36.0 Å². The number of benzene rings is 1. The molecule has 2 aromatic heterocycles. The van der Waals surface area contributed by atoms with E-state index in [1.807, 2.05) is 14.1 Å². The summed E-state index contributed by atoms with van der Waals surface area (Å²) < 4.78 is 42.2. The largest absolute Gasteiger partial charge is 0.347 e. The standard InChI is InChI=1S/C21H25FN6O2S/c1-13-20(14(2)26-25-13)31(29,30)28-11-5-6-18(28)19-17(12-23-21(24-19)27(3)4)15-7-9-16(22)10-8-15/h7-10,12,18H,5-6,11H2,1-4H3,(H,25,26)/t18-/m0/s1. The van der Waals surface area contributed by atoms with E-state index in [9.17, 15) is 12.8 Å². The summed E-state index contributed by atoms with van der Waals surface area (Å²) in [7, 11) is -0.124. The molecule has 0 unspecified atom stereocenters. The topological polar surface area (TPSA) is 95.1 Å². The third-order valence-electron chi connectivity index (χ3n) is 5.51. The highest BCUT2D eigenvalue weighted by atomic mass is 32.2. The highest BCUT2D eigenvalue weighted by Crippen LogP contribution is 2.40. The Balaban J connectivity index is 1.85. The minimum absolute atomic E-state index is 0.213. The normalized spacial score (nSPS) is 17.3. The van der Waals surface area contributed by atoms with Crippen LogP contribution in [0.3, 0.4) is 0 Å². The summed E-state index contributed by atoms with van der Waals surface area (Å²) in [5.41, 5.74) is 3.00. The van der Waals surface area contributed by atoms with E-state index in [0.717, 1.165) is 5.56 Å². The van der Waals surface area contributed by atoms with Crippen LogP contribution in [0.15, 0.2) is 35.4 Å². The molecule has 0 spiro atoms. The number of hydrogen-bond donors (Lipinski definition) is 1. The number of nitrogens with one attached hydrogen (secondary N) is 1. The summed E-state index contributed by atoms with van der Waals surface area (Å²) in [5.74, 6) is 0.146. The van der Waals surface area contributed by atoms with E-state index >= 15 is 0 Å². The van der Waals surface area contributed by atoms with E-state index in [1.165, 1.54) is 16.4 Å². The van der Waals surface area contributed by atoms with Crippen molar-refractivity contribution >= 4 is 16.0 Å². The number of rotatable bonds is 5. The van der Waals surface area contributed by atoms with Crippen molar-refractivity contribution in [1.29, 1.82) is 0 Å². The van der Waals surface area contributed by atoms with Crippen LogP contribution < -0.4 is 4.90 Å². The summed E-state index contributed by atoms with van der Waals surface area (Å²) in [6.07, 6.45) is 3.03. The molecule has 0 radical (unpaired) electrons. The van der Waals surface area contributed by atoms with Crippen molar-refractivity contribution in [3.63, 3.8) is 0 Å². The number of H-pyrrole nitrogens is 1. The Kier molecular flexibility index (Phi) is 5.52. The van der Waals surface area contributed by atoms with Crippen molar-refractivity contribution in [3.8, 4) is 11.1 Å². The predicted molar refractivity (Wildman–Crippen MR) is 116 cm³/mol. The van der Waals surface area contributed by atoms with Gasteiger partial charge in [-0.2, -0.15) is 9.40 Å². The predicted octanol–water partition coefficient (Wildman–Crippen LogP) is 3.21. The average Bonchev–Trinajstić information content (AvgIpc) is 3.35. The number of nitrogens with zero attached hydrogens (tertiary/aromatic N) is 5. The van der Waals surface area contributed by atoms with Crippen LogP contribution in [-0.4, -0.2) is 53.5 Å². The molecule has 1 saturated heterocycles. The first-order valence-corrected chi connectivity index (χ1v) is 11.5. The molecule has 1 fully saturated rings. The maximum absolute atomic E-state index is 13.6. The van der Waals surface area contributed by atoms with E-state index < -0.39 is 16.1 Å². The fourth-order valence-electron chi connectivity index (χ4n) is 4.05. The van der Waals surface area contributed by atoms with E-state index in [4.69, 9.17) is 4.98 Å². The first kappa shape index (κ1) is 21.4. The monoisotopic (exact) mass is 444 g/mol. The van der Waals surface area contributed by atoms with Gasteiger partial charge in [0, 0.05) is 32.4 Å². The molecule has 0 aliphatic carbocycles. The zero-order chi connectivity index (χ0) is 22.3. The molecule has 1 aliphatic rings. The Morgan fingerprint density at radius 2 is 1.90 bits per heavy atom. The smallest absolute Gasteiger partial charge is 0.247 e. The Morgan fingerprint density at radius 3 is 2.52 bits per heavy atom. The molecule has 31 heavy (non-hydrogen) atoms. The van der Waals surface area contributed by atoms with Gasteiger partial charge in [0.15, 0.2) is 0 Å². The number of aryl methyl sites for hydroxylation is 2. The highest BCUT2D eigenvalue weighted by molar-refractivity contribution is 7.89. The lowest BCUT2D eigenvalue weighted by Crippen LogP contribution is -2.32. The van der Waals surface area contributed by atoms with Crippen molar-refractivity contribution in [2.24, 2.45) is 0 Å². The van der Waals surface area contributed by atoms with E-state index in [1.54, 1.807) is 37.1 Å². The van der Waals surface area contributed by atoms with Gasteiger partial charge in [-0.15, -0.1) is 0 Å². The highest BCUT2D eigenvalue weighted by Gasteiger charge is 2.40. The minimum atomic E-state index is -3.79. The molecule has 0 saturated carbocycles. The van der Waals surface area contributed by atoms with Gasteiger partial charge in [-0.25, -0.2) is 22.8 Å². The molecule has 10 heteroatoms. The second-order valence-corrected chi connectivity index (χ2v) is 9.73. The van der Waals surface area contributed by atoms with Gasteiger partial charge in [-0.1, -0.05) is 12.1 Å². The molecule has 1 N–H and O–H groups in total. The lowest BCUT2D eigenvalue weighted by molar-refractivity contribution is 0.390. The lowest BCUT2D eigenvalue weighted by atomic mass is 10.0. The van der Waals surface area contributed by atoms with Crippen LogP contribution in [0, 0.1) is 19.7 Å². The summed E-state index contributed by atoms with van der Waals surface area (Å²) in [5, 5.41) is 6.83. The molecule has 1 aliphatic heterocycles. The zero-order valence-corrected chi connectivity index (χ0v) is 18.7. The number of anilines is 1. The number of hydrogen-bond acceptors (Lipinski definition) is 6. The van der Waals surface area contributed by atoms with Crippen LogP contribution in [0.2, 0.25) is 0 Å². The van der Waals surface area contributed by atoms with Gasteiger partial charge in [0.25, 0.3) is 0 Å². The van der Waals surface area contributed by atoms with Gasteiger partial charge in [0.1, 0.15) is 10.7 Å². The zero-order valence-electron chi connectivity index (χ0n) is 17.9. The van der Waals surface area contributed by atoms with Crippen LogP contribution in [-0.2, 0) is 10.0 Å². The minimum Gasteiger partial charge on any atom is -0.347 e. The van der Waals surface area contributed by atoms with Gasteiger partial charge < -0.3 is 4.90 Å². The van der Waals surface area contributed by atoms with Gasteiger partial charge in [0.2, 0.25) is 16.0 Å². The van der Waals surface area contributed by atoms with Crippen molar-refractivity contribution in [2.45, 2.75) is 37.6 Å².